The van der Waals surface area contributed by atoms with Gasteiger partial charge < -0.3 is 15.2 Å². The first-order valence-corrected chi connectivity index (χ1v) is 7.05. The second kappa shape index (κ2) is 8.31. The number of ether oxygens (including phenoxy) is 1. The number of hydrogen-bond acceptors (Lipinski definition) is 3. The summed E-state index contributed by atoms with van der Waals surface area (Å²) in [4.78, 5) is 0. The molecule has 3 heteroatoms. The largest absolute Gasteiger partial charge is 0.389 e. The highest BCUT2D eigenvalue weighted by Gasteiger charge is 2.10. The molecule has 0 fully saturated rings. The number of benzene rings is 1. The second-order valence-corrected chi connectivity index (χ2v) is 5.57. The van der Waals surface area contributed by atoms with Crippen molar-refractivity contribution in [2.75, 3.05) is 19.8 Å². The van der Waals surface area contributed by atoms with Crippen molar-refractivity contribution in [3.05, 3.63) is 35.4 Å². The van der Waals surface area contributed by atoms with Crippen LogP contribution < -0.4 is 5.32 Å². The molecule has 0 amide bonds. The average molecular weight is 265 g/mol. The van der Waals surface area contributed by atoms with E-state index in [1.807, 2.05) is 12.1 Å². The molecule has 108 valence electrons. The lowest BCUT2D eigenvalue weighted by molar-refractivity contribution is 0.0252. The maximum absolute atomic E-state index is 9.84. The molecule has 0 bridgehead atoms. The van der Waals surface area contributed by atoms with Crippen LogP contribution in [0.3, 0.4) is 0 Å². The van der Waals surface area contributed by atoms with Gasteiger partial charge in [-0.1, -0.05) is 38.1 Å². The first-order valence-electron chi connectivity index (χ1n) is 7.05. The SMILES string of the molecule is Cc1ccccc1[C@H](C)NCC(O)COCC(C)C. The van der Waals surface area contributed by atoms with Gasteiger partial charge in [0.1, 0.15) is 0 Å². The van der Waals surface area contributed by atoms with Crippen LogP contribution in [0.15, 0.2) is 24.3 Å². The van der Waals surface area contributed by atoms with Crippen molar-refractivity contribution in [3.8, 4) is 0 Å². The average Bonchev–Trinajstić information content (AvgIpc) is 2.36. The van der Waals surface area contributed by atoms with Crippen LogP contribution in [0, 0.1) is 12.8 Å². The van der Waals surface area contributed by atoms with Gasteiger partial charge in [-0.05, 0) is 30.9 Å². The fourth-order valence-electron chi connectivity index (χ4n) is 1.99. The van der Waals surface area contributed by atoms with Gasteiger partial charge >= 0.3 is 0 Å². The Hall–Kier alpha value is -0.900. The van der Waals surface area contributed by atoms with E-state index < -0.39 is 6.10 Å². The molecule has 0 aliphatic rings. The first kappa shape index (κ1) is 16.2. The number of hydrogen-bond donors (Lipinski definition) is 2. The van der Waals surface area contributed by atoms with Gasteiger partial charge in [0, 0.05) is 19.2 Å². The molecule has 0 saturated carbocycles. The summed E-state index contributed by atoms with van der Waals surface area (Å²) >= 11 is 0. The molecule has 1 unspecified atom stereocenters. The van der Waals surface area contributed by atoms with Gasteiger partial charge in [0.25, 0.3) is 0 Å². The molecule has 0 aliphatic carbocycles. The molecule has 1 aromatic carbocycles. The summed E-state index contributed by atoms with van der Waals surface area (Å²) in [6.45, 7) is 10.1. The van der Waals surface area contributed by atoms with Crippen molar-refractivity contribution < 1.29 is 9.84 Å². The van der Waals surface area contributed by atoms with Gasteiger partial charge in [0.2, 0.25) is 0 Å². The highest BCUT2D eigenvalue weighted by Crippen LogP contribution is 2.16. The smallest absolute Gasteiger partial charge is 0.0897 e. The quantitative estimate of drug-likeness (QED) is 0.759. The number of aliphatic hydroxyl groups excluding tert-OH is 1. The van der Waals surface area contributed by atoms with Crippen LogP contribution in [0.25, 0.3) is 0 Å². The summed E-state index contributed by atoms with van der Waals surface area (Å²) in [5, 5.41) is 13.2. The summed E-state index contributed by atoms with van der Waals surface area (Å²) in [5.41, 5.74) is 2.55. The normalized spacial score (nSPS) is 14.6. The third kappa shape index (κ3) is 6.19. The Bertz CT molecular complexity index is 366. The number of nitrogens with one attached hydrogen (secondary N) is 1. The molecule has 0 aliphatic heterocycles. The number of rotatable bonds is 8. The molecule has 2 N–H and O–H groups in total. The van der Waals surface area contributed by atoms with E-state index in [4.69, 9.17) is 4.74 Å². The first-order chi connectivity index (χ1) is 9.00. The van der Waals surface area contributed by atoms with Crippen molar-refractivity contribution in [2.24, 2.45) is 5.92 Å². The molecule has 3 nitrogen and oxygen atoms in total. The number of aryl methyl sites for hydroxylation is 1. The van der Waals surface area contributed by atoms with E-state index in [0.717, 1.165) is 0 Å². The molecular formula is C16H27NO2. The molecule has 0 heterocycles. The molecule has 2 atom stereocenters. The van der Waals surface area contributed by atoms with E-state index in [1.54, 1.807) is 0 Å². The summed E-state index contributed by atoms with van der Waals surface area (Å²) in [7, 11) is 0. The van der Waals surface area contributed by atoms with Gasteiger partial charge in [-0.25, -0.2) is 0 Å². The highest BCUT2D eigenvalue weighted by atomic mass is 16.5. The van der Waals surface area contributed by atoms with Crippen molar-refractivity contribution in [1.82, 2.24) is 5.32 Å². The van der Waals surface area contributed by atoms with Crippen molar-refractivity contribution in [1.29, 1.82) is 0 Å². The Kier molecular flexibility index (Phi) is 7.06. The third-order valence-electron chi connectivity index (χ3n) is 3.08. The van der Waals surface area contributed by atoms with E-state index in [9.17, 15) is 5.11 Å². The molecule has 0 aromatic heterocycles. The molecule has 0 radical (unpaired) electrons. The van der Waals surface area contributed by atoms with Crippen LogP contribution in [-0.2, 0) is 4.74 Å². The van der Waals surface area contributed by atoms with Crippen molar-refractivity contribution >= 4 is 0 Å². The maximum Gasteiger partial charge on any atom is 0.0897 e. The van der Waals surface area contributed by atoms with Crippen LogP contribution in [0.4, 0.5) is 0 Å². The number of aliphatic hydroxyl groups is 1. The molecule has 1 rings (SSSR count). The summed E-state index contributed by atoms with van der Waals surface area (Å²) in [5.74, 6) is 0.506. The van der Waals surface area contributed by atoms with E-state index >= 15 is 0 Å². The van der Waals surface area contributed by atoms with Crippen molar-refractivity contribution in [2.45, 2.75) is 39.8 Å². The van der Waals surface area contributed by atoms with E-state index in [2.05, 4.69) is 45.1 Å². The molecular weight excluding hydrogens is 238 g/mol. The zero-order valence-electron chi connectivity index (χ0n) is 12.5. The van der Waals surface area contributed by atoms with Crippen LogP contribution in [0.1, 0.15) is 37.9 Å². The lowest BCUT2D eigenvalue weighted by atomic mass is 10.0. The summed E-state index contributed by atoms with van der Waals surface area (Å²) < 4.78 is 5.43. The van der Waals surface area contributed by atoms with E-state index in [0.29, 0.717) is 25.7 Å². The Morgan fingerprint density at radius 2 is 1.84 bits per heavy atom. The predicted molar refractivity (Wildman–Crippen MR) is 79.3 cm³/mol. The van der Waals surface area contributed by atoms with Crippen LogP contribution in [-0.4, -0.2) is 31.0 Å². The van der Waals surface area contributed by atoms with Gasteiger partial charge in [0.05, 0.1) is 12.7 Å². The molecule has 0 saturated heterocycles. The van der Waals surface area contributed by atoms with Gasteiger partial charge in [-0.2, -0.15) is 0 Å². The van der Waals surface area contributed by atoms with Crippen LogP contribution in [0.5, 0.6) is 0 Å². The third-order valence-corrected chi connectivity index (χ3v) is 3.08. The Labute approximate surface area is 117 Å². The monoisotopic (exact) mass is 265 g/mol. The minimum Gasteiger partial charge on any atom is -0.389 e. The van der Waals surface area contributed by atoms with E-state index in [1.165, 1.54) is 11.1 Å². The zero-order chi connectivity index (χ0) is 14.3. The molecule has 1 aromatic rings. The topological polar surface area (TPSA) is 41.5 Å². The Morgan fingerprint density at radius 3 is 2.47 bits per heavy atom. The van der Waals surface area contributed by atoms with Crippen LogP contribution >= 0.6 is 0 Å². The van der Waals surface area contributed by atoms with Crippen LogP contribution in [0.2, 0.25) is 0 Å². The second-order valence-electron chi connectivity index (χ2n) is 5.57. The fraction of sp³-hybridized carbons (Fsp3) is 0.625. The fourth-order valence-corrected chi connectivity index (χ4v) is 1.99. The lowest BCUT2D eigenvalue weighted by Crippen LogP contribution is -2.32. The molecule has 19 heavy (non-hydrogen) atoms. The minimum absolute atomic E-state index is 0.237. The molecule has 0 spiro atoms. The summed E-state index contributed by atoms with van der Waals surface area (Å²) in [6.07, 6.45) is -0.454. The predicted octanol–water partition coefficient (Wildman–Crippen LogP) is 2.68. The van der Waals surface area contributed by atoms with Gasteiger partial charge in [-0.15, -0.1) is 0 Å². The zero-order valence-corrected chi connectivity index (χ0v) is 12.5. The maximum atomic E-state index is 9.84. The van der Waals surface area contributed by atoms with Crippen molar-refractivity contribution in [3.63, 3.8) is 0 Å². The minimum atomic E-state index is -0.454. The van der Waals surface area contributed by atoms with Gasteiger partial charge in [-0.3, -0.25) is 0 Å². The van der Waals surface area contributed by atoms with Gasteiger partial charge in [0.15, 0.2) is 0 Å². The standard InChI is InChI=1S/C16H27NO2/c1-12(2)10-19-11-15(18)9-17-14(4)16-8-6-5-7-13(16)3/h5-8,12,14-15,17-18H,9-11H2,1-4H3/t14-,15?/m0/s1. The lowest BCUT2D eigenvalue weighted by Gasteiger charge is -2.19. The highest BCUT2D eigenvalue weighted by molar-refractivity contribution is 5.28. The Morgan fingerprint density at radius 1 is 1.16 bits per heavy atom. The Balaban J connectivity index is 2.30. The summed E-state index contributed by atoms with van der Waals surface area (Å²) in [6, 6.07) is 8.55. The van der Waals surface area contributed by atoms with E-state index in [-0.39, 0.29) is 6.04 Å².